The van der Waals surface area contributed by atoms with Crippen molar-refractivity contribution in [3.05, 3.63) is 23.0 Å². The molecular weight excluding hydrogens is 258 g/mol. The molecule has 4 nitrogen and oxygen atoms in total. The fourth-order valence-electron chi connectivity index (χ4n) is 1.36. The van der Waals surface area contributed by atoms with Crippen molar-refractivity contribution in [3.8, 4) is 0 Å². The van der Waals surface area contributed by atoms with Crippen LogP contribution >= 0.6 is 23.4 Å². The second kappa shape index (κ2) is 6.71. The Morgan fingerprint density at radius 2 is 2.41 bits per heavy atom. The Hall–Kier alpha value is -0.940. The minimum atomic E-state index is -0.201. The van der Waals surface area contributed by atoms with Gasteiger partial charge in [-0.25, -0.2) is 4.98 Å². The summed E-state index contributed by atoms with van der Waals surface area (Å²) in [7, 11) is 0. The second-order valence-corrected chi connectivity index (χ2v) is 4.93. The van der Waals surface area contributed by atoms with Crippen LogP contribution in [0.5, 0.6) is 0 Å². The lowest BCUT2D eigenvalue weighted by Crippen LogP contribution is -2.36. The molecule has 0 spiro atoms. The van der Waals surface area contributed by atoms with E-state index >= 15 is 0 Å². The van der Waals surface area contributed by atoms with Crippen LogP contribution in [-0.4, -0.2) is 28.9 Å². The molecule has 0 aliphatic carbocycles. The normalized spacial score (nSPS) is 12.2. The molecule has 0 fully saturated rings. The van der Waals surface area contributed by atoms with Gasteiger partial charge in [0, 0.05) is 11.8 Å². The molecular formula is C11H16ClN3OS. The van der Waals surface area contributed by atoms with Crippen molar-refractivity contribution >= 4 is 35.0 Å². The summed E-state index contributed by atoms with van der Waals surface area (Å²) >= 11 is 7.44. The summed E-state index contributed by atoms with van der Waals surface area (Å²) < 4.78 is 0. The van der Waals surface area contributed by atoms with Crippen molar-refractivity contribution < 1.29 is 4.79 Å². The van der Waals surface area contributed by atoms with Gasteiger partial charge >= 0.3 is 0 Å². The van der Waals surface area contributed by atoms with E-state index in [0.29, 0.717) is 11.3 Å². The number of halogens is 1. The van der Waals surface area contributed by atoms with Gasteiger partial charge in [-0.3, -0.25) is 4.79 Å². The zero-order chi connectivity index (χ0) is 12.8. The summed E-state index contributed by atoms with van der Waals surface area (Å²) in [6.45, 7) is 2.03. The molecule has 1 unspecified atom stereocenters. The number of rotatable bonds is 5. The van der Waals surface area contributed by atoms with Crippen LogP contribution in [0.25, 0.3) is 0 Å². The average Bonchev–Trinajstić information content (AvgIpc) is 2.31. The highest BCUT2D eigenvalue weighted by Gasteiger charge is 2.14. The number of nitrogen functional groups attached to an aromatic ring is 1. The third-order valence-corrected chi connectivity index (χ3v) is 3.28. The summed E-state index contributed by atoms with van der Waals surface area (Å²) in [6.07, 6.45) is 4.28. The third kappa shape index (κ3) is 4.09. The number of anilines is 1. The topological polar surface area (TPSA) is 68.0 Å². The van der Waals surface area contributed by atoms with E-state index in [1.807, 2.05) is 13.2 Å². The van der Waals surface area contributed by atoms with Gasteiger partial charge in [-0.05, 0) is 18.7 Å². The van der Waals surface area contributed by atoms with Crippen LogP contribution in [0.3, 0.4) is 0 Å². The highest BCUT2D eigenvalue weighted by molar-refractivity contribution is 7.98. The zero-order valence-electron chi connectivity index (χ0n) is 9.87. The van der Waals surface area contributed by atoms with Gasteiger partial charge in [0.2, 0.25) is 0 Å². The summed E-state index contributed by atoms with van der Waals surface area (Å²) in [4.78, 5) is 15.8. The lowest BCUT2D eigenvalue weighted by atomic mass is 10.2. The first-order valence-electron chi connectivity index (χ1n) is 5.29. The van der Waals surface area contributed by atoms with E-state index in [2.05, 4.69) is 10.3 Å². The Kier molecular flexibility index (Phi) is 5.58. The number of nitrogens with zero attached hydrogens (tertiary/aromatic N) is 1. The standard InChI is InChI=1S/C11H16ClN3OS/c1-3-7(6-17-2)15-11(16)8-4-10(12)14-5-9(8)13/h4-5,7H,3,6,13H2,1-2H3,(H,15,16). The molecule has 1 aromatic rings. The van der Waals surface area contributed by atoms with Crippen LogP contribution in [0.15, 0.2) is 12.3 Å². The van der Waals surface area contributed by atoms with Gasteiger partial charge in [-0.15, -0.1) is 0 Å². The molecule has 0 aromatic carbocycles. The number of amides is 1. The lowest BCUT2D eigenvalue weighted by Gasteiger charge is -2.16. The predicted octanol–water partition coefficient (Wildman–Crippen LogP) is 2.19. The molecule has 1 rings (SSSR count). The quantitative estimate of drug-likeness (QED) is 0.807. The Balaban J connectivity index is 2.78. The van der Waals surface area contributed by atoms with Gasteiger partial charge in [0.15, 0.2) is 0 Å². The van der Waals surface area contributed by atoms with E-state index in [-0.39, 0.29) is 17.1 Å². The Bertz CT molecular complexity index is 400. The molecule has 17 heavy (non-hydrogen) atoms. The summed E-state index contributed by atoms with van der Waals surface area (Å²) in [5.41, 5.74) is 6.41. The molecule has 1 atom stereocenters. The fraction of sp³-hybridized carbons (Fsp3) is 0.455. The third-order valence-electron chi connectivity index (χ3n) is 2.34. The van der Waals surface area contributed by atoms with Crippen LogP contribution in [0.4, 0.5) is 5.69 Å². The average molecular weight is 274 g/mol. The Labute approximate surface area is 110 Å². The molecule has 0 saturated carbocycles. The van der Waals surface area contributed by atoms with Gasteiger partial charge < -0.3 is 11.1 Å². The number of thioether (sulfide) groups is 1. The number of nitrogens with one attached hydrogen (secondary N) is 1. The molecule has 94 valence electrons. The van der Waals surface area contributed by atoms with E-state index in [1.54, 1.807) is 11.8 Å². The number of hydrogen-bond acceptors (Lipinski definition) is 4. The highest BCUT2D eigenvalue weighted by atomic mass is 35.5. The van der Waals surface area contributed by atoms with Crippen molar-refractivity contribution in [1.82, 2.24) is 10.3 Å². The van der Waals surface area contributed by atoms with Crippen LogP contribution in [0, 0.1) is 0 Å². The van der Waals surface area contributed by atoms with Gasteiger partial charge in [0.25, 0.3) is 5.91 Å². The molecule has 0 radical (unpaired) electrons. The monoisotopic (exact) mass is 273 g/mol. The van der Waals surface area contributed by atoms with Crippen molar-refractivity contribution in [2.24, 2.45) is 0 Å². The number of hydrogen-bond donors (Lipinski definition) is 2. The fourth-order valence-corrected chi connectivity index (χ4v) is 2.24. The molecule has 6 heteroatoms. The largest absolute Gasteiger partial charge is 0.397 e. The summed E-state index contributed by atoms with van der Waals surface area (Å²) in [5, 5.41) is 3.19. The number of carbonyl (C=O) groups is 1. The van der Waals surface area contributed by atoms with E-state index in [1.165, 1.54) is 12.3 Å². The van der Waals surface area contributed by atoms with Crippen molar-refractivity contribution in [1.29, 1.82) is 0 Å². The number of pyridine rings is 1. The van der Waals surface area contributed by atoms with Gasteiger partial charge in [0.05, 0.1) is 17.4 Å². The number of nitrogens with two attached hydrogens (primary N) is 1. The molecule has 1 amide bonds. The molecule has 3 N–H and O–H groups in total. The Morgan fingerprint density at radius 3 is 3.00 bits per heavy atom. The second-order valence-electron chi connectivity index (χ2n) is 3.63. The van der Waals surface area contributed by atoms with Crippen LogP contribution in [-0.2, 0) is 0 Å². The molecule has 0 bridgehead atoms. The molecule has 1 heterocycles. The first kappa shape index (κ1) is 14.1. The Morgan fingerprint density at radius 1 is 1.71 bits per heavy atom. The van der Waals surface area contributed by atoms with E-state index < -0.39 is 0 Å². The smallest absolute Gasteiger partial charge is 0.253 e. The number of carbonyl (C=O) groups excluding carboxylic acids is 1. The van der Waals surface area contributed by atoms with Crippen molar-refractivity contribution in [3.63, 3.8) is 0 Å². The van der Waals surface area contributed by atoms with Gasteiger partial charge in [-0.2, -0.15) is 11.8 Å². The minimum Gasteiger partial charge on any atom is -0.397 e. The van der Waals surface area contributed by atoms with E-state index in [0.717, 1.165) is 12.2 Å². The van der Waals surface area contributed by atoms with Crippen molar-refractivity contribution in [2.75, 3.05) is 17.7 Å². The van der Waals surface area contributed by atoms with Gasteiger partial charge in [-0.1, -0.05) is 18.5 Å². The maximum Gasteiger partial charge on any atom is 0.253 e. The summed E-state index contributed by atoms with van der Waals surface area (Å²) in [5.74, 6) is 0.675. The lowest BCUT2D eigenvalue weighted by molar-refractivity contribution is 0.0941. The van der Waals surface area contributed by atoms with Gasteiger partial charge in [0.1, 0.15) is 5.15 Å². The van der Waals surface area contributed by atoms with E-state index in [9.17, 15) is 4.79 Å². The maximum absolute atomic E-state index is 12.0. The van der Waals surface area contributed by atoms with E-state index in [4.69, 9.17) is 17.3 Å². The van der Waals surface area contributed by atoms with Crippen LogP contribution < -0.4 is 11.1 Å². The van der Waals surface area contributed by atoms with Crippen molar-refractivity contribution in [2.45, 2.75) is 19.4 Å². The molecule has 0 aliphatic heterocycles. The molecule has 0 aliphatic rings. The SMILES string of the molecule is CCC(CSC)NC(=O)c1cc(Cl)ncc1N. The zero-order valence-corrected chi connectivity index (χ0v) is 11.4. The van der Waals surface area contributed by atoms with Crippen LogP contribution in [0.2, 0.25) is 5.15 Å². The molecule has 0 saturated heterocycles. The van der Waals surface area contributed by atoms with Crippen LogP contribution in [0.1, 0.15) is 23.7 Å². The first-order valence-corrected chi connectivity index (χ1v) is 7.06. The number of aromatic nitrogens is 1. The highest BCUT2D eigenvalue weighted by Crippen LogP contribution is 2.15. The summed E-state index contributed by atoms with van der Waals surface area (Å²) in [6, 6.07) is 1.63. The first-order chi connectivity index (χ1) is 8.08. The minimum absolute atomic E-state index is 0.142. The predicted molar refractivity (Wildman–Crippen MR) is 73.6 cm³/mol. The molecule has 1 aromatic heterocycles. The maximum atomic E-state index is 12.0.